The lowest BCUT2D eigenvalue weighted by atomic mass is 9.61. The maximum absolute atomic E-state index is 6.33. The van der Waals surface area contributed by atoms with E-state index < -0.39 is 0 Å². The minimum Gasteiger partial charge on any atom is -0.493 e. The molecule has 0 amide bonds. The lowest BCUT2D eigenvalue weighted by Gasteiger charge is -2.52. The molecule has 0 bridgehead atoms. The van der Waals surface area contributed by atoms with Gasteiger partial charge >= 0.3 is 0 Å². The highest BCUT2D eigenvalue weighted by Crippen LogP contribution is 2.55. The molecule has 0 aliphatic heterocycles. The molecule has 1 spiro atoms. The Bertz CT molecular complexity index is 498. The summed E-state index contributed by atoms with van der Waals surface area (Å²) in [5, 5.41) is 0. The molecule has 0 heterocycles. The molecule has 0 saturated heterocycles. The van der Waals surface area contributed by atoms with Crippen molar-refractivity contribution in [3.05, 3.63) is 17.7 Å². The zero-order valence-corrected chi connectivity index (χ0v) is 13.1. The van der Waals surface area contributed by atoms with Crippen LogP contribution in [0.4, 0.5) is 0 Å². The molecule has 4 nitrogen and oxygen atoms in total. The summed E-state index contributed by atoms with van der Waals surface area (Å²) in [6.45, 7) is 2.02. The lowest BCUT2D eigenvalue weighted by Crippen LogP contribution is -2.62. The molecule has 2 aliphatic carbocycles. The predicted molar refractivity (Wildman–Crippen MR) is 82.2 cm³/mol. The van der Waals surface area contributed by atoms with Gasteiger partial charge in [0.05, 0.1) is 14.2 Å². The molecule has 21 heavy (non-hydrogen) atoms. The van der Waals surface area contributed by atoms with Crippen molar-refractivity contribution in [1.82, 2.24) is 0 Å². The van der Waals surface area contributed by atoms with Gasteiger partial charge in [-0.25, -0.2) is 0 Å². The number of benzene rings is 1. The van der Waals surface area contributed by atoms with Crippen LogP contribution in [0.2, 0.25) is 0 Å². The van der Waals surface area contributed by atoms with E-state index in [1.807, 2.05) is 19.1 Å². The number of hydrogen-bond donors (Lipinski definition) is 1. The van der Waals surface area contributed by atoms with Crippen LogP contribution in [0.5, 0.6) is 17.2 Å². The third-order valence-corrected chi connectivity index (χ3v) is 5.25. The summed E-state index contributed by atoms with van der Waals surface area (Å²) in [6.07, 6.45) is 5.97. The number of nitrogens with two attached hydrogens (primary N) is 1. The summed E-state index contributed by atoms with van der Waals surface area (Å²) in [5.74, 6) is 2.19. The molecule has 1 aromatic carbocycles. The Kier molecular flexibility index (Phi) is 3.74. The third kappa shape index (κ3) is 2.26. The predicted octanol–water partition coefficient (Wildman–Crippen LogP) is 3.05. The summed E-state index contributed by atoms with van der Waals surface area (Å²) in [5.41, 5.74) is 7.55. The van der Waals surface area contributed by atoms with Crippen LogP contribution in [0.3, 0.4) is 0 Å². The Labute approximate surface area is 126 Å². The van der Waals surface area contributed by atoms with Gasteiger partial charge in [0.2, 0.25) is 5.75 Å². The van der Waals surface area contributed by atoms with E-state index in [0.29, 0.717) is 5.75 Å². The fraction of sp³-hybridized carbons (Fsp3) is 0.647. The van der Waals surface area contributed by atoms with Gasteiger partial charge in [0.25, 0.3) is 0 Å². The fourth-order valence-electron chi connectivity index (χ4n) is 3.94. The summed E-state index contributed by atoms with van der Waals surface area (Å²) < 4.78 is 17.3. The van der Waals surface area contributed by atoms with Crippen LogP contribution in [-0.4, -0.2) is 26.4 Å². The second-order valence-electron chi connectivity index (χ2n) is 6.39. The molecule has 0 radical (unpaired) electrons. The van der Waals surface area contributed by atoms with E-state index in [1.165, 1.54) is 25.7 Å². The average Bonchev–Trinajstić information content (AvgIpc) is 3.00. The van der Waals surface area contributed by atoms with E-state index in [0.717, 1.165) is 23.5 Å². The zero-order valence-electron chi connectivity index (χ0n) is 13.1. The molecule has 0 aromatic heterocycles. The third-order valence-electron chi connectivity index (χ3n) is 5.25. The van der Waals surface area contributed by atoms with Gasteiger partial charge in [-0.3, -0.25) is 0 Å². The number of rotatable bonds is 4. The van der Waals surface area contributed by atoms with Crippen LogP contribution in [-0.2, 0) is 0 Å². The number of hydrogen-bond acceptors (Lipinski definition) is 4. The highest BCUT2D eigenvalue weighted by molar-refractivity contribution is 5.54. The van der Waals surface area contributed by atoms with Gasteiger partial charge in [-0.1, -0.05) is 12.8 Å². The monoisotopic (exact) mass is 291 g/mol. The molecule has 2 aliphatic rings. The Morgan fingerprint density at radius 3 is 2.14 bits per heavy atom. The molecule has 2 N–H and O–H groups in total. The quantitative estimate of drug-likeness (QED) is 0.926. The van der Waals surface area contributed by atoms with Gasteiger partial charge in [-0.2, -0.15) is 0 Å². The van der Waals surface area contributed by atoms with Gasteiger partial charge in [-0.15, -0.1) is 0 Å². The highest BCUT2D eigenvalue weighted by atomic mass is 16.5. The van der Waals surface area contributed by atoms with Crippen molar-refractivity contribution in [2.24, 2.45) is 11.1 Å². The van der Waals surface area contributed by atoms with E-state index in [2.05, 4.69) is 0 Å². The second-order valence-corrected chi connectivity index (χ2v) is 6.39. The number of methoxy groups -OCH3 is 2. The van der Waals surface area contributed by atoms with Crippen LogP contribution in [0, 0.1) is 12.3 Å². The maximum Gasteiger partial charge on any atom is 0.203 e. The van der Waals surface area contributed by atoms with Gasteiger partial charge in [-0.05, 0) is 37.5 Å². The highest BCUT2D eigenvalue weighted by Gasteiger charge is 2.56. The largest absolute Gasteiger partial charge is 0.493 e. The first-order chi connectivity index (χ1) is 10.1. The second kappa shape index (κ2) is 5.41. The summed E-state index contributed by atoms with van der Waals surface area (Å²) in [7, 11) is 3.33. The average molecular weight is 291 g/mol. The summed E-state index contributed by atoms with van der Waals surface area (Å²) in [6, 6.07) is 4.24. The van der Waals surface area contributed by atoms with E-state index in [-0.39, 0.29) is 17.6 Å². The van der Waals surface area contributed by atoms with Crippen molar-refractivity contribution >= 4 is 0 Å². The van der Waals surface area contributed by atoms with Gasteiger partial charge in [0.1, 0.15) is 6.10 Å². The first-order valence-corrected chi connectivity index (χ1v) is 7.75. The van der Waals surface area contributed by atoms with Crippen molar-refractivity contribution in [1.29, 1.82) is 0 Å². The molecule has 116 valence electrons. The summed E-state index contributed by atoms with van der Waals surface area (Å²) >= 11 is 0. The molecule has 4 heteroatoms. The van der Waals surface area contributed by atoms with Crippen molar-refractivity contribution < 1.29 is 14.2 Å². The molecular weight excluding hydrogens is 266 g/mol. The standard InChI is InChI=1S/C17H25NO3/c1-11-8-12(19-2)16(13(9-11)20-3)21-15-10-14(18)17(15)6-4-5-7-17/h8-9,14-15H,4-7,10,18H2,1-3H3. The SMILES string of the molecule is COc1cc(C)cc(OC)c1OC1CC(N)C12CCCC2. The van der Waals surface area contributed by atoms with Crippen LogP contribution < -0.4 is 19.9 Å². The minimum absolute atomic E-state index is 0.168. The Morgan fingerprint density at radius 2 is 1.67 bits per heavy atom. The smallest absolute Gasteiger partial charge is 0.203 e. The van der Waals surface area contributed by atoms with E-state index in [1.54, 1.807) is 14.2 Å². The van der Waals surface area contributed by atoms with Gasteiger partial charge in [0, 0.05) is 17.9 Å². The zero-order chi connectivity index (χ0) is 15.0. The van der Waals surface area contributed by atoms with E-state index in [4.69, 9.17) is 19.9 Å². The molecule has 2 atom stereocenters. The Hall–Kier alpha value is -1.42. The van der Waals surface area contributed by atoms with Gasteiger partial charge in [0.15, 0.2) is 11.5 Å². The number of aryl methyl sites for hydroxylation is 1. The fourth-order valence-corrected chi connectivity index (χ4v) is 3.94. The van der Waals surface area contributed by atoms with Crippen LogP contribution >= 0.6 is 0 Å². The lowest BCUT2D eigenvalue weighted by molar-refractivity contribution is -0.0639. The Morgan fingerprint density at radius 1 is 1.10 bits per heavy atom. The maximum atomic E-state index is 6.33. The van der Waals surface area contributed by atoms with Crippen molar-refractivity contribution in [2.45, 2.75) is 51.2 Å². The first kappa shape index (κ1) is 14.5. The van der Waals surface area contributed by atoms with Crippen molar-refractivity contribution in [3.63, 3.8) is 0 Å². The van der Waals surface area contributed by atoms with Crippen molar-refractivity contribution in [2.75, 3.05) is 14.2 Å². The van der Waals surface area contributed by atoms with Crippen LogP contribution in [0.1, 0.15) is 37.7 Å². The molecular formula is C17H25NO3. The van der Waals surface area contributed by atoms with Crippen molar-refractivity contribution in [3.8, 4) is 17.2 Å². The summed E-state index contributed by atoms with van der Waals surface area (Å²) in [4.78, 5) is 0. The van der Waals surface area contributed by atoms with Crippen LogP contribution in [0.25, 0.3) is 0 Å². The number of ether oxygens (including phenoxy) is 3. The topological polar surface area (TPSA) is 53.7 Å². The molecule has 2 unspecified atom stereocenters. The van der Waals surface area contributed by atoms with E-state index >= 15 is 0 Å². The first-order valence-electron chi connectivity index (χ1n) is 7.75. The van der Waals surface area contributed by atoms with Gasteiger partial charge < -0.3 is 19.9 Å². The normalized spacial score (nSPS) is 26.5. The minimum atomic E-state index is 0.168. The van der Waals surface area contributed by atoms with E-state index in [9.17, 15) is 0 Å². The molecule has 2 saturated carbocycles. The molecule has 3 rings (SSSR count). The van der Waals surface area contributed by atoms with Crippen LogP contribution in [0.15, 0.2) is 12.1 Å². The molecule has 1 aromatic rings. The molecule has 2 fully saturated rings. The Balaban J connectivity index is 1.88.